The predicted octanol–water partition coefficient (Wildman–Crippen LogP) is 2.61. The van der Waals surface area contributed by atoms with Crippen molar-refractivity contribution >= 4 is 11.3 Å². The molecule has 0 spiro atoms. The lowest BCUT2D eigenvalue weighted by Crippen LogP contribution is -2.36. The van der Waals surface area contributed by atoms with Gasteiger partial charge in [-0.25, -0.2) is 0 Å². The van der Waals surface area contributed by atoms with E-state index in [0.717, 1.165) is 25.0 Å². The van der Waals surface area contributed by atoms with Crippen molar-refractivity contribution in [2.75, 3.05) is 26.7 Å². The number of hydrogen-bond donors (Lipinski definition) is 1. The van der Waals surface area contributed by atoms with Crippen LogP contribution in [0.15, 0.2) is 17.5 Å². The third kappa shape index (κ3) is 4.41. The molecule has 1 aromatic heterocycles. The summed E-state index contributed by atoms with van der Waals surface area (Å²) in [6, 6.07) is 5.12. The SMILES string of the molecule is CC(C1CC1)N(C)CCNCCc1cccs1. The Morgan fingerprint density at radius 1 is 1.47 bits per heavy atom. The summed E-state index contributed by atoms with van der Waals surface area (Å²) in [4.78, 5) is 3.98. The highest BCUT2D eigenvalue weighted by Gasteiger charge is 2.29. The maximum Gasteiger partial charge on any atom is 0.0107 e. The van der Waals surface area contributed by atoms with Gasteiger partial charge in [0.15, 0.2) is 0 Å². The molecule has 0 amide bonds. The molecule has 2 rings (SSSR count). The molecule has 0 aliphatic heterocycles. The van der Waals surface area contributed by atoms with E-state index >= 15 is 0 Å². The molecule has 1 saturated carbocycles. The van der Waals surface area contributed by atoms with E-state index in [9.17, 15) is 0 Å². The van der Waals surface area contributed by atoms with Crippen LogP contribution in [0.2, 0.25) is 0 Å². The lowest BCUT2D eigenvalue weighted by Gasteiger charge is -2.24. The number of nitrogens with one attached hydrogen (secondary N) is 1. The van der Waals surface area contributed by atoms with Gasteiger partial charge >= 0.3 is 0 Å². The summed E-state index contributed by atoms with van der Waals surface area (Å²) >= 11 is 1.85. The monoisotopic (exact) mass is 252 g/mol. The Morgan fingerprint density at radius 2 is 2.29 bits per heavy atom. The maximum absolute atomic E-state index is 3.53. The molecule has 0 saturated heterocycles. The highest BCUT2D eigenvalue weighted by Crippen LogP contribution is 2.34. The Hall–Kier alpha value is -0.380. The molecule has 17 heavy (non-hydrogen) atoms. The van der Waals surface area contributed by atoms with Crippen molar-refractivity contribution in [2.45, 2.75) is 32.2 Å². The zero-order chi connectivity index (χ0) is 12.1. The number of hydrogen-bond acceptors (Lipinski definition) is 3. The van der Waals surface area contributed by atoms with Crippen molar-refractivity contribution in [1.82, 2.24) is 10.2 Å². The lowest BCUT2D eigenvalue weighted by atomic mass is 10.2. The standard InChI is InChI=1S/C14H24N2S/c1-12(13-5-6-13)16(2)10-9-15-8-7-14-4-3-11-17-14/h3-4,11-13,15H,5-10H2,1-2H3. The summed E-state index contributed by atoms with van der Waals surface area (Å²) in [5.41, 5.74) is 0. The molecule has 1 unspecified atom stereocenters. The van der Waals surface area contributed by atoms with Crippen LogP contribution in [0.5, 0.6) is 0 Å². The third-order valence-corrected chi connectivity index (χ3v) is 4.71. The van der Waals surface area contributed by atoms with Crippen LogP contribution in [0.4, 0.5) is 0 Å². The minimum atomic E-state index is 0.772. The van der Waals surface area contributed by atoms with Gasteiger partial charge in [0.25, 0.3) is 0 Å². The van der Waals surface area contributed by atoms with Crippen LogP contribution >= 0.6 is 11.3 Å². The van der Waals surface area contributed by atoms with Crippen LogP contribution in [0.3, 0.4) is 0 Å². The molecule has 1 aliphatic rings. The van der Waals surface area contributed by atoms with Crippen molar-refractivity contribution in [3.05, 3.63) is 22.4 Å². The van der Waals surface area contributed by atoms with E-state index in [0.29, 0.717) is 0 Å². The molecule has 0 bridgehead atoms. The van der Waals surface area contributed by atoms with E-state index in [-0.39, 0.29) is 0 Å². The molecule has 2 nitrogen and oxygen atoms in total. The quantitative estimate of drug-likeness (QED) is 0.716. The molecule has 0 radical (unpaired) electrons. The Labute approximate surface area is 109 Å². The molecule has 1 heterocycles. The summed E-state index contributed by atoms with van der Waals surface area (Å²) in [7, 11) is 2.25. The second-order valence-corrected chi connectivity index (χ2v) is 6.17. The van der Waals surface area contributed by atoms with Gasteiger partial charge in [0, 0.05) is 30.6 Å². The van der Waals surface area contributed by atoms with Crippen LogP contribution in [-0.2, 0) is 6.42 Å². The van der Waals surface area contributed by atoms with Crippen molar-refractivity contribution in [1.29, 1.82) is 0 Å². The zero-order valence-electron chi connectivity index (χ0n) is 11.0. The maximum atomic E-state index is 3.53. The van der Waals surface area contributed by atoms with E-state index in [1.165, 1.54) is 30.7 Å². The molecular weight excluding hydrogens is 228 g/mol. The Morgan fingerprint density at radius 3 is 2.94 bits per heavy atom. The van der Waals surface area contributed by atoms with Gasteiger partial charge in [-0.05, 0) is 50.6 Å². The highest BCUT2D eigenvalue weighted by molar-refractivity contribution is 7.09. The zero-order valence-corrected chi connectivity index (χ0v) is 11.8. The lowest BCUT2D eigenvalue weighted by molar-refractivity contribution is 0.235. The van der Waals surface area contributed by atoms with E-state index in [2.05, 4.69) is 41.7 Å². The van der Waals surface area contributed by atoms with E-state index in [1.807, 2.05) is 11.3 Å². The largest absolute Gasteiger partial charge is 0.315 e. The first kappa shape index (κ1) is 13.1. The topological polar surface area (TPSA) is 15.3 Å². The predicted molar refractivity (Wildman–Crippen MR) is 75.7 cm³/mol. The first-order valence-corrected chi connectivity index (χ1v) is 7.58. The smallest absolute Gasteiger partial charge is 0.0107 e. The number of thiophene rings is 1. The summed E-state index contributed by atoms with van der Waals surface area (Å²) in [5, 5.41) is 5.69. The van der Waals surface area contributed by atoms with Gasteiger partial charge in [0.05, 0.1) is 0 Å². The van der Waals surface area contributed by atoms with Crippen LogP contribution in [0, 0.1) is 5.92 Å². The molecule has 3 heteroatoms. The van der Waals surface area contributed by atoms with E-state index in [1.54, 1.807) is 0 Å². The van der Waals surface area contributed by atoms with Crippen LogP contribution in [0.25, 0.3) is 0 Å². The molecule has 1 aliphatic carbocycles. The van der Waals surface area contributed by atoms with Gasteiger partial charge in [-0.2, -0.15) is 0 Å². The molecule has 1 atom stereocenters. The average molecular weight is 252 g/mol. The summed E-state index contributed by atoms with van der Waals surface area (Å²) in [6.45, 7) is 5.75. The molecular formula is C14H24N2S. The van der Waals surface area contributed by atoms with Crippen molar-refractivity contribution in [3.8, 4) is 0 Å². The second kappa shape index (κ2) is 6.53. The minimum Gasteiger partial charge on any atom is -0.315 e. The third-order valence-electron chi connectivity index (χ3n) is 3.77. The fourth-order valence-corrected chi connectivity index (χ4v) is 2.90. The Bertz CT molecular complexity index is 306. The van der Waals surface area contributed by atoms with Crippen LogP contribution in [0.1, 0.15) is 24.6 Å². The fraction of sp³-hybridized carbons (Fsp3) is 0.714. The van der Waals surface area contributed by atoms with Gasteiger partial charge in [-0.1, -0.05) is 6.07 Å². The van der Waals surface area contributed by atoms with Crippen LogP contribution in [-0.4, -0.2) is 37.6 Å². The molecule has 96 valence electrons. The highest BCUT2D eigenvalue weighted by atomic mass is 32.1. The first-order chi connectivity index (χ1) is 8.27. The minimum absolute atomic E-state index is 0.772. The first-order valence-electron chi connectivity index (χ1n) is 6.70. The van der Waals surface area contributed by atoms with Crippen LogP contribution < -0.4 is 5.32 Å². The van der Waals surface area contributed by atoms with Gasteiger partial charge < -0.3 is 10.2 Å². The van der Waals surface area contributed by atoms with Gasteiger partial charge in [0.1, 0.15) is 0 Å². The van der Waals surface area contributed by atoms with Crippen molar-refractivity contribution in [3.63, 3.8) is 0 Å². The summed E-state index contributed by atoms with van der Waals surface area (Å²) < 4.78 is 0. The number of rotatable bonds is 8. The molecule has 0 aromatic carbocycles. The number of nitrogens with zero attached hydrogens (tertiary/aromatic N) is 1. The fourth-order valence-electron chi connectivity index (χ4n) is 2.19. The van der Waals surface area contributed by atoms with Crippen molar-refractivity contribution in [2.24, 2.45) is 5.92 Å². The summed E-state index contributed by atoms with van der Waals surface area (Å²) in [6.07, 6.45) is 4.05. The normalized spacial score (nSPS) is 17.6. The molecule has 1 aromatic rings. The van der Waals surface area contributed by atoms with Gasteiger partial charge in [-0.3, -0.25) is 0 Å². The summed E-state index contributed by atoms with van der Waals surface area (Å²) in [5.74, 6) is 0.978. The average Bonchev–Trinajstić information content (AvgIpc) is 3.05. The van der Waals surface area contributed by atoms with E-state index < -0.39 is 0 Å². The molecule has 1 fully saturated rings. The Kier molecular flexibility index (Phi) is 5.01. The second-order valence-electron chi connectivity index (χ2n) is 5.14. The Balaban J connectivity index is 1.50. The van der Waals surface area contributed by atoms with Crippen molar-refractivity contribution < 1.29 is 0 Å². The van der Waals surface area contributed by atoms with Gasteiger partial charge in [0.2, 0.25) is 0 Å². The molecule has 1 N–H and O–H groups in total. The number of likely N-dealkylation sites (N-methyl/N-ethyl adjacent to an activating group) is 1. The van der Waals surface area contributed by atoms with Gasteiger partial charge in [-0.15, -0.1) is 11.3 Å². The van der Waals surface area contributed by atoms with E-state index in [4.69, 9.17) is 0 Å².